The van der Waals surface area contributed by atoms with Crippen LogP contribution in [0.3, 0.4) is 0 Å². The van der Waals surface area contributed by atoms with Gasteiger partial charge in [0.2, 0.25) is 0 Å². The molecular formula is C25H28I+. The predicted molar refractivity (Wildman–Crippen MR) is 109 cm³/mol. The van der Waals surface area contributed by atoms with E-state index in [4.69, 9.17) is 0 Å². The van der Waals surface area contributed by atoms with E-state index in [1.165, 1.54) is 37.0 Å². The third-order valence-corrected chi connectivity index (χ3v) is 8.14. The molecule has 0 saturated heterocycles. The monoisotopic (exact) mass is 455 g/mol. The second kappa shape index (κ2) is 7.56. The van der Waals surface area contributed by atoms with Crippen LogP contribution in [0.25, 0.3) is 11.1 Å². The summed E-state index contributed by atoms with van der Waals surface area (Å²) in [5.41, 5.74) is 8.48. The molecule has 0 N–H and O–H groups in total. The van der Waals surface area contributed by atoms with Crippen molar-refractivity contribution in [3.05, 3.63) is 90.1 Å². The summed E-state index contributed by atoms with van der Waals surface area (Å²) in [5, 5.41) is 0. The average Bonchev–Trinajstić information content (AvgIpc) is 2.58. The summed E-state index contributed by atoms with van der Waals surface area (Å²) in [4.78, 5) is 0. The molecule has 0 spiro atoms. The largest absolute Gasteiger partial charge is 0.358 e. The van der Waals surface area contributed by atoms with Gasteiger partial charge in [-0.25, -0.2) is 0 Å². The third kappa shape index (κ3) is 4.37. The Balaban J connectivity index is 2.10. The minimum atomic E-state index is -0.201. The van der Waals surface area contributed by atoms with Gasteiger partial charge in [0, 0.05) is 11.1 Å². The highest BCUT2D eigenvalue weighted by Gasteiger charge is 2.25. The fourth-order valence-electron chi connectivity index (χ4n) is 3.30. The van der Waals surface area contributed by atoms with E-state index in [1.807, 2.05) is 0 Å². The van der Waals surface area contributed by atoms with Crippen LogP contribution in [-0.2, 0) is 5.41 Å². The van der Waals surface area contributed by atoms with Crippen molar-refractivity contribution >= 4 is 0 Å². The van der Waals surface area contributed by atoms with Gasteiger partial charge in [-0.15, -0.1) is 0 Å². The zero-order chi connectivity index (χ0) is 18.9. The Labute approximate surface area is 168 Å². The van der Waals surface area contributed by atoms with Gasteiger partial charge in [-0.2, -0.15) is 0 Å². The summed E-state index contributed by atoms with van der Waals surface area (Å²) in [6.07, 6.45) is 0. The van der Waals surface area contributed by atoms with Crippen molar-refractivity contribution < 1.29 is 21.2 Å². The van der Waals surface area contributed by atoms with E-state index in [-0.39, 0.29) is 26.6 Å². The second-order valence-corrected chi connectivity index (χ2v) is 11.0. The smallest absolute Gasteiger partial charge is 0.0622 e. The van der Waals surface area contributed by atoms with Crippen LogP contribution in [0.15, 0.2) is 60.7 Å². The van der Waals surface area contributed by atoms with Crippen molar-refractivity contribution in [2.45, 2.75) is 47.0 Å². The molecule has 0 aliphatic carbocycles. The van der Waals surface area contributed by atoms with Crippen molar-refractivity contribution in [3.8, 4) is 11.1 Å². The molecule has 3 aromatic carbocycles. The zero-order valence-electron chi connectivity index (χ0n) is 16.7. The van der Waals surface area contributed by atoms with Crippen LogP contribution in [0.5, 0.6) is 0 Å². The van der Waals surface area contributed by atoms with Crippen molar-refractivity contribution in [2.24, 2.45) is 0 Å². The number of hydrogen-bond acceptors (Lipinski definition) is 0. The molecule has 0 amide bonds. The molecule has 1 heteroatoms. The normalized spacial score (nSPS) is 11.6. The van der Waals surface area contributed by atoms with Gasteiger partial charge in [-0.3, -0.25) is 0 Å². The Morgan fingerprint density at radius 2 is 1.31 bits per heavy atom. The Morgan fingerprint density at radius 3 is 1.88 bits per heavy atom. The topological polar surface area (TPSA) is 0 Å². The standard InChI is InChI=1S/C25H28I/c1-17-12-18(2)24(19(3)13-17)26-23-15-21(20-10-8-7-9-11-20)14-22(16-23)25(4,5)6/h7-16H,1-6H3/q+1. The molecule has 0 bridgehead atoms. The highest BCUT2D eigenvalue weighted by Crippen LogP contribution is 2.27. The van der Waals surface area contributed by atoms with Crippen molar-refractivity contribution in [2.75, 3.05) is 0 Å². The number of benzene rings is 3. The van der Waals surface area contributed by atoms with Crippen LogP contribution in [-0.4, -0.2) is 0 Å². The van der Waals surface area contributed by atoms with Gasteiger partial charge in [-0.1, -0.05) is 74.9 Å². The van der Waals surface area contributed by atoms with Gasteiger partial charge in [0.1, 0.15) is 0 Å². The number of hydrogen-bond donors (Lipinski definition) is 0. The Bertz CT molecular complexity index is 892. The van der Waals surface area contributed by atoms with Crippen LogP contribution in [0.1, 0.15) is 43.0 Å². The molecule has 134 valence electrons. The highest BCUT2D eigenvalue weighted by atomic mass is 127. The van der Waals surface area contributed by atoms with Crippen LogP contribution >= 0.6 is 0 Å². The summed E-state index contributed by atoms with van der Waals surface area (Å²) >= 11 is -0.201. The Morgan fingerprint density at radius 1 is 0.692 bits per heavy atom. The summed E-state index contributed by atoms with van der Waals surface area (Å²) in [6, 6.07) is 22.7. The molecule has 3 aromatic rings. The van der Waals surface area contributed by atoms with Crippen LogP contribution < -0.4 is 21.2 Å². The molecule has 0 aliphatic rings. The number of halogens is 1. The van der Waals surface area contributed by atoms with Crippen molar-refractivity contribution in [1.82, 2.24) is 0 Å². The third-order valence-electron chi connectivity index (χ3n) is 4.66. The fraction of sp³-hybridized carbons (Fsp3) is 0.280. The molecule has 0 fully saturated rings. The molecule has 0 heterocycles. The molecule has 26 heavy (non-hydrogen) atoms. The van der Waals surface area contributed by atoms with E-state index >= 15 is 0 Å². The summed E-state index contributed by atoms with van der Waals surface area (Å²) in [6.45, 7) is 13.6. The molecular weight excluding hydrogens is 427 g/mol. The maximum absolute atomic E-state index is 2.44. The predicted octanol–water partition coefficient (Wildman–Crippen LogP) is 3.70. The lowest BCUT2D eigenvalue weighted by molar-refractivity contribution is -0.598. The number of rotatable bonds is 3. The molecule has 0 nitrogen and oxygen atoms in total. The first-order valence-electron chi connectivity index (χ1n) is 9.18. The molecule has 0 saturated carbocycles. The van der Waals surface area contributed by atoms with E-state index in [9.17, 15) is 0 Å². The zero-order valence-corrected chi connectivity index (χ0v) is 18.8. The van der Waals surface area contributed by atoms with Gasteiger partial charge < -0.3 is 0 Å². The van der Waals surface area contributed by atoms with Gasteiger partial charge in [0.15, 0.2) is 7.14 Å². The van der Waals surface area contributed by atoms with Crippen LogP contribution in [0, 0.1) is 27.9 Å². The van der Waals surface area contributed by atoms with Crippen molar-refractivity contribution in [1.29, 1.82) is 0 Å². The second-order valence-electron chi connectivity index (χ2n) is 8.15. The molecule has 0 aliphatic heterocycles. The van der Waals surface area contributed by atoms with Gasteiger partial charge >= 0.3 is 21.2 Å². The minimum absolute atomic E-state index is 0.153. The first-order chi connectivity index (χ1) is 12.2. The lowest BCUT2D eigenvalue weighted by Gasteiger charge is -2.20. The highest BCUT2D eigenvalue weighted by molar-refractivity contribution is 5.64. The maximum atomic E-state index is 2.44. The lowest BCUT2D eigenvalue weighted by atomic mass is 9.85. The minimum Gasteiger partial charge on any atom is -0.0622 e. The number of aryl methyl sites for hydroxylation is 3. The molecule has 0 aromatic heterocycles. The van der Waals surface area contributed by atoms with Gasteiger partial charge in [0.05, 0.1) is 0 Å². The van der Waals surface area contributed by atoms with Crippen LogP contribution in [0.4, 0.5) is 0 Å². The van der Waals surface area contributed by atoms with E-state index in [2.05, 4.69) is 102 Å². The van der Waals surface area contributed by atoms with E-state index in [1.54, 1.807) is 3.57 Å². The lowest BCUT2D eigenvalue weighted by Crippen LogP contribution is -3.62. The Hall–Kier alpha value is -1.61. The van der Waals surface area contributed by atoms with Gasteiger partial charge in [-0.05, 0) is 55.0 Å². The first kappa shape index (κ1) is 19.2. The molecule has 0 atom stereocenters. The first-order valence-corrected chi connectivity index (χ1v) is 11.3. The Kier molecular flexibility index (Phi) is 5.57. The SMILES string of the molecule is Cc1cc(C)c([I+]c2cc(-c3ccccc3)cc(C(C)(C)C)c2)c(C)c1. The quantitative estimate of drug-likeness (QED) is 0.529. The molecule has 0 unspecified atom stereocenters. The average molecular weight is 455 g/mol. The van der Waals surface area contributed by atoms with E-state index in [0.29, 0.717) is 0 Å². The summed E-state index contributed by atoms with van der Waals surface area (Å²) in [5.74, 6) is 0. The fourth-order valence-corrected chi connectivity index (χ4v) is 6.06. The molecule has 0 radical (unpaired) electrons. The van der Waals surface area contributed by atoms with Crippen LogP contribution in [0.2, 0.25) is 0 Å². The molecule has 3 rings (SSSR count). The maximum Gasteiger partial charge on any atom is 0.358 e. The van der Waals surface area contributed by atoms with E-state index < -0.39 is 0 Å². The van der Waals surface area contributed by atoms with Gasteiger partial charge in [0.25, 0.3) is 0 Å². The summed E-state index contributed by atoms with van der Waals surface area (Å²) < 4.78 is 3.07. The van der Waals surface area contributed by atoms with E-state index in [0.717, 1.165) is 0 Å². The summed E-state index contributed by atoms with van der Waals surface area (Å²) in [7, 11) is 0. The van der Waals surface area contributed by atoms with Crippen molar-refractivity contribution in [3.63, 3.8) is 0 Å².